The summed E-state index contributed by atoms with van der Waals surface area (Å²) in [5, 5.41) is 13.3. The summed E-state index contributed by atoms with van der Waals surface area (Å²) in [7, 11) is 0. The van der Waals surface area contributed by atoms with Gasteiger partial charge in [-0.2, -0.15) is 0 Å². The fourth-order valence-corrected chi connectivity index (χ4v) is 4.70. The molecule has 150 valence electrons. The molecule has 2 atom stereocenters. The minimum absolute atomic E-state index is 0.153. The molecule has 1 aromatic heterocycles. The molecule has 5 nitrogen and oxygen atoms in total. The van der Waals surface area contributed by atoms with E-state index in [1.54, 1.807) is 18.2 Å². The second kappa shape index (κ2) is 8.78. The Morgan fingerprint density at radius 1 is 1.17 bits per heavy atom. The van der Waals surface area contributed by atoms with E-state index in [4.69, 9.17) is 23.2 Å². The van der Waals surface area contributed by atoms with E-state index in [-0.39, 0.29) is 11.7 Å². The number of nitrogens with one attached hydrogen (secondary N) is 1. The highest BCUT2D eigenvalue weighted by Gasteiger charge is 2.43. The van der Waals surface area contributed by atoms with E-state index in [1.807, 2.05) is 6.07 Å². The lowest BCUT2D eigenvalue weighted by molar-refractivity contribution is -0.113. The third kappa shape index (κ3) is 4.60. The summed E-state index contributed by atoms with van der Waals surface area (Å²) in [6.45, 7) is 2.84. The summed E-state index contributed by atoms with van der Waals surface area (Å²) < 4.78 is 2.11. The van der Waals surface area contributed by atoms with Crippen LogP contribution in [-0.4, -0.2) is 26.4 Å². The van der Waals surface area contributed by atoms with Gasteiger partial charge in [0.1, 0.15) is 5.82 Å². The van der Waals surface area contributed by atoms with Gasteiger partial charge in [0.2, 0.25) is 5.91 Å². The monoisotopic (exact) mass is 446 g/mol. The first-order chi connectivity index (χ1) is 14.1. The standard InChI is InChI=1S/C21H20Cl2N4OS/c1-2-27-20(16-11-15(16)13-6-4-3-5-7-13)25-26-21(27)29-12-19(28)24-18-9-8-14(22)10-17(18)23/h3-10,15-16H,2,11-12H2,1H3,(H,24,28). The molecule has 3 aromatic rings. The van der Waals surface area contributed by atoms with Gasteiger partial charge in [0.05, 0.1) is 16.5 Å². The molecule has 8 heteroatoms. The number of carbonyl (C=O) groups excluding carboxylic acids is 1. The van der Waals surface area contributed by atoms with Crippen molar-refractivity contribution in [3.05, 3.63) is 70.0 Å². The van der Waals surface area contributed by atoms with Crippen LogP contribution < -0.4 is 5.32 Å². The summed E-state index contributed by atoms with van der Waals surface area (Å²) in [4.78, 5) is 12.3. The number of hydrogen-bond acceptors (Lipinski definition) is 4. The molecule has 1 aliphatic rings. The molecule has 2 aromatic carbocycles. The summed E-state index contributed by atoms with van der Waals surface area (Å²) in [5.41, 5.74) is 1.89. The Balaban J connectivity index is 1.39. The van der Waals surface area contributed by atoms with Crippen LogP contribution in [0.15, 0.2) is 53.7 Å². The Morgan fingerprint density at radius 3 is 2.69 bits per heavy atom. The lowest BCUT2D eigenvalue weighted by atomic mass is 10.1. The highest BCUT2D eigenvalue weighted by molar-refractivity contribution is 7.99. The van der Waals surface area contributed by atoms with Crippen molar-refractivity contribution in [1.29, 1.82) is 0 Å². The van der Waals surface area contributed by atoms with Crippen molar-refractivity contribution in [3.63, 3.8) is 0 Å². The van der Waals surface area contributed by atoms with E-state index in [2.05, 4.69) is 51.3 Å². The molecule has 0 bridgehead atoms. The first kappa shape index (κ1) is 20.3. The summed E-state index contributed by atoms with van der Waals surface area (Å²) >= 11 is 13.4. The van der Waals surface area contributed by atoms with Crippen molar-refractivity contribution in [3.8, 4) is 0 Å². The number of carbonyl (C=O) groups is 1. The molecule has 4 rings (SSSR count). The van der Waals surface area contributed by atoms with Crippen molar-refractivity contribution in [2.75, 3.05) is 11.1 Å². The van der Waals surface area contributed by atoms with E-state index >= 15 is 0 Å². The molecule has 29 heavy (non-hydrogen) atoms. The first-order valence-electron chi connectivity index (χ1n) is 9.42. The molecule has 1 saturated carbocycles. The van der Waals surface area contributed by atoms with Crippen molar-refractivity contribution in [2.45, 2.75) is 36.9 Å². The first-order valence-corrected chi connectivity index (χ1v) is 11.2. The van der Waals surface area contributed by atoms with Crippen LogP contribution in [0.3, 0.4) is 0 Å². The molecule has 0 aliphatic heterocycles. The Bertz CT molecular complexity index is 1020. The van der Waals surface area contributed by atoms with Crippen molar-refractivity contribution >= 4 is 46.6 Å². The molecule has 1 amide bonds. The number of aromatic nitrogens is 3. The number of halogens is 2. The zero-order valence-electron chi connectivity index (χ0n) is 15.8. The minimum Gasteiger partial charge on any atom is -0.324 e. The van der Waals surface area contributed by atoms with Gasteiger partial charge in [0, 0.05) is 17.5 Å². The second-order valence-electron chi connectivity index (χ2n) is 6.91. The third-order valence-electron chi connectivity index (χ3n) is 4.95. The Labute approximate surface area is 183 Å². The van der Waals surface area contributed by atoms with Crippen LogP contribution in [0.4, 0.5) is 5.69 Å². The van der Waals surface area contributed by atoms with Gasteiger partial charge in [-0.1, -0.05) is 65.3 Å². The zero-order chi connectivity index (χ0) is 20.4. The van der Waals surface area contributed by atoms with Crippen molar-refractivity contribution in [1.82, 2.24) is 14.8 Å². The molecule has 0 spiro atoms. The molecule has 1 aliphatic carbocycles. The molecule has 1 fully saturated rings. The van der Waals surface area contributed by atoms with Gasteiger partial charge in [-0.3, -0.25) is 4.79 Å². The van der Waals surface area contributed by atoms with Crippen LogP contribution in [0.1, 0.15) is 36.6 Å². The number of nitrogens with zero attached hydrogens (tertiary/aromatic N) is 3. The number of amides is 1. The fraction of sp³-hybridized carbons (Fsp3) is 0.286. The number of rotatable bonds is 7. The van der Waals surface area contributed by atoms with Gasteiger partial charge >= 0.3 is 0 Å². The van der Waals surface area contributed by atoms with E-state index < -0.39 is 0 Å². The largest absolute Gasteiger partial charge is 0.324 e. The van der Waals surface area contributed by atoms with Crippen LogP contribution >= 0.6 is 35.0 Å². The smallest absolute Gasteiger partial charge is 0.234 e. The van der Waals surface area contributed by atoms with Gasteiger partial charge in [-0.15, -0.1) is 10.2 Å². The predicted molar refractivity (Wildman–Crippen MR) is 118 cm³/mol. The Morgan fingerprint density at radius 2 is 1.97 bits per heavy atom. The van der Waals surface area contributed by atoms with Gasteiger partial charge in [-0.25, -0.2) is 0 Å². The summed E-state index contributed by atoms with van der Waals surface area (Å²) in [6.07, 6.45) is 1.09. The summed E-state index contributed by atoms with van der Waals surface area (Å²) in [6, 6.07) is 15.5. The van der Waals surface area contributed by atoms with Crippen LogP contribution in [0.25, 0.3) is 0 Å². The predicted octanol–water partition coefficient (Wildman–Crippen LogP) is 5.61. The number of benzene rings is 2. The molecular weight excluding hydrogens is 427 g/mol. The maximum Gasteiger partial charge on any atom is 0.234 e. The van der Waals surface area contributed by atoms with Crippen molar-refractivity contribution in [2.24, 2.45) is 0 Å². The van der Waals surface area contributed by atoms with Gasteiger partial charge in [-0.05, 0) is 43.0 Å². The average Bonchev–Trinajstić information content (AvgIpc) is 3.41. The average molecular weight is 447 g/mol. The molecule has 1 N–H and O–H groups in total. The normalized spacial score (nSPS) is 17.9. The topological polar surface area (TPSA) is 59.8 Å². The number of anilines is 1. The van der Waals surface area contributed by atoms with E-state index in [1.165, 1.54) is 17.3 Å². The SMILES string of the molecule is CCn1c(SCC(=O)Nc2ccc(Cl)cc2Cl)nnc1C1CC1c1ccccc1. The maximum atomic E-state index is 12.3. The minimum atomic E-state index is -0.153. The molecule has 0 radical (unpaired) electrons. The highest BCUT2D eigenvalue weighted by atomic mass is 35.5. The Kier molecular flexibility index (Phi) is 6.13. The lowest BCUT2D eigenvalue weighted by Crippen LogP contribution is -2.15. The van der Waals surface area contributed by atoms with Crippen LogP contribution in [0.5, 0.6) is 0 Å². The third-order valence-corrected chi connectivity index (χ3v) is 6.46. The quantitative estimate of drug-likeness (QED) is 0.479. The lowest BCUT2D eigenvalue weighted by Gasteiger charge is -2.09. The molecule has 1 heterocycles. The number of thioether (sulfide) groups is 1. The van der Waals surface area contributed by atoms with Gasteiger partial charge < -0.3 is 9.88 Å². The zero-order valence-corrected chi connectivity index (χ0v) is 18.1. The van der Waals surface area contributed by atoms with Crippen LogP contribution in [-0.2, 0) is 11.3 Å². The molecular formula is C21H20Cl2N4OS. The molecule has 0 saturated heterocycles. The van der Waals surface area contributed by atoms with E-state index in [0.29, 0.717) is 27.6 Å². The van der Waals surface area contributed by atoms with Crippen molar-refractivity contribution < 1.29 is 4.79 Å². The Hall–Kier alpha value is -2.02. The maximum absolute atomic E-state index is 12.3. The van der Waals surface area contributed by atoms with Crippen LogP contribution in [0, 0.1) is 0 Å². The second-order valence-corrected chi connectivity index (χ2v) is 8.69. The van der Waals surface area contributed by atoms with Crippen LogP contribution in [0.2, 0.25) is 10.0 Å². The van der Waals surface area contributed by atoms with E-state index in [9.17, 15) is 4.79 Å². The summed E-state index contributed by atoms with van der Waals surface area (Å²) in [5.74, 6) is 1.97. The highest BCUT2D eigenvalue weighted by Crippen LogP contribution is 2.54. The van der Waals surface area contributed by atoms with E-state index in [0.717, 1.165) is 23.9 Å². The fourth-order valence-electron chi connectivity index (χ4n) is 3.43. The van der Waals surface area contributed by atoms with Gasteiger partial charge in [0.25, 0.3) is 0 Å². The number of hydrogen-bond donors (Lipinski definition) is 1. The molecule has 2 unspecified atom stereocenters. The van der Waals surface area contributed by atoms with Gasteiger partial charge in [0.15, 0.2) is 5.16 Å².